The van der Waals surface area contributed by atoms with Gasteiger partial charge in [0.1, 0.15) is 12.6 Å². The SMILES string of the molecule is C[C@H](C(=O)NC1CCCCC1)N(Cc1c(Cl)cccc1Cl)C(=O)CN(c1ccc(Cl)c(Cl)c1)S(=O)(=O)c1ccccc1. The zero-order chi connectivity index (χ0) is 30.4. The first kappa shape index (κ1) is 32.4. The van der Waals surface area contributed by atoms with E-state index in [0.717, 1.165) is 36.4 Å². The minimum atomic E-state index is -4.24. The monoisotopic (exact) mass is 669 g/mol. The second-order valence-electron chi connectivity index (χ2n) is 10.2. The highest BCUT2D eigenvalue weighted by atomic mass is 35.5. The molecule has 0 aromatic heterocycles. The van der Waals surface area contributed by atoms with Gasteiger partial charge in [-0.2, -0.15) is 0 Å². The standard InChI is InChI=1S/C30H31Cl4N3O4S/c1-20(30(39)35-21-9-4-2-5-10-21)36(18-24-25(31)13-8-14-26(24)32)29(38)19-37(22-15-16-27(33)28(34)17-22)42(40,41)23-11-6-3-7-12-23/h3,6-8,11-17,20-21H,2,4-5,9-10,18-19H2,1H3,(H,35,39)/t20-/m1/s1. The van der Waals surface area contributed by atoms with Crippen molar-refractivity contribution in [3.8, 4) is 0 Å². The average molecular weight is 671 g/mol. The van der Waals surface area contributed by atoms with Gasteiger partial charge in [0.15, 0.2) is 0 Å². The number of hydrogen-bond acceptors (Lipinski definition) is 4. The predicted molar refractivity (Wildman–Crippen MR) is 169 cm³/mol. The molecule has 224 valence electrons. The maximum atomic E-state index is 14.1. The van der Waals surface area contributed by atoms with Crippen LogP contribution in [-0.4, -0.2) is 43.8 Å². The molecule has 1 atom stereocenters. The van der Waals surface area contributed by atoms with Gasteiger partial charge >= 0.3 is 0 Å². The van der Waals surface area contributed by atoms with Gasteiger partial charge in [0.05, 0.1) is 20.6 Å². The lowest BCUT2D eigenvalue weighted by molar-refractivity contribution is -0.139. The van der Waals surface area contributed by atoms with E-state index in [0.29, 0.717) is 15.6 Å². The van der Waals surface area contributed by atoms with Crippen LogP contribution in [-0.2, 0) is 26.2 Å². The summed E-state index contributed by atoms with van der Waals surface area (Å²) in [5, 5.41) is 4.05. The Balaban J connectivity index is 1.72. The molecule has 0 unspecified atom stereocenters. The highest BCUT2D eigenvalue weighted by molar-refractivity contribution is 7.92. The summed E-state index contributed by atoms with van der Waals surface area (Å²) in [5.74, 6) is -0.978. The summed E-state index contributed by atoms with van der Waals surface area (Å²) in [5.41, 5.74) is 0.579. The van der Waals surface area contributed by atoms with Crippen molar-refractivity contribution in [1.29, 1.82) is 0 Å². The maximum absolute atomic E-state index is 14.1. The Hall–Kier alpha value is -2.49. The number of nitrogens with zero attached hydrogens (tertiary/aromatic N) is 2. The van der Waals surface area contributed by atoms with Crippen molar-refractivity contribution in [2.45, 2.75) is 62.6 Å². The van der Waals surface area contributed by atoms with Gasteiger partial charge in [-0.3, -0.25) is 13.9 Å². The summed E-state index contributed by atoms with van der Waals surface area (Å²) in [6.45, 7) is 0.867. The van der Waals surface area contributed by atoms with Crippen molar-refractivity contribution >= 4 is 73.9 Å². The summed E-state index contributed by atoms with van der Waals surface area (Å²) in [7, 11) is -4.24. The third-order valence-corrected chi connectivity index (χ3v) is 10.5. The molecule has 4 rings (SSSR count). The topological polar surface area (TPSA) is 86.8 Å². The van der Waals surface area contributed by atoms with Gasteiger partial charge in [-0.05, 0) is 62.2 Å². The first-order chi connectivity index (χ1) is 20.0. The fourth-order valence-corrected chi connectivity index (χ4v) is 7.13. The van der Waals surface area contributed by atoms with Gasteiger partial charge in [0.2, 0.25) is 11.8 Å². The Bertz CT molecular complexity index is 1510. The highest BCUT2D eigenvalue weighted by Crippen LogP contribution is 2.32. The van der Waals surface area contributed by atoms with E-state index in [1.165, 1.54) is 35.2 Å². The van der Waals surface area contributed by atoms with E-state index < -0.39 is 28.5 Å². The molecular formula is C30H31Cl4N3O4S. The van der Waals surface area contributed by atoms with Crippen molar-refractivity contribution < 1.29 is 18.0 Å². The Morgan fingerprint density at radius 3 is 2.12 bits per heavy atom. The number of sulfonamides is 1. The normalized spacial score (nSPS) is 14.7. The van der Waals surface area contributed by atoms with Gasteiger partial charge in [-0.1, -0.05) is 89.9 Å². The molecule has 0 bridgehead atoms. The number of halogens is 4. The minimum absolute atomic E-state index is 0.0146. The molecule has 7 nitrogen and oxygen atoms in total. The average Bonchev–Trinajstić information content (AvgIpc) is 2.97. The molecule has 0 aliphatic heterocycles. The zero-order valence-electron chi connectivity index (χ0n) is 22.9. The van der Waals surface area contributed by atoms with Crippen molar-refractivity contribution in [3.05, 3.63) is 92.4 Å². The molecule has 1 N–H and O–H groups in total. The quantitative estimate of drug-likeness (QED) is 0.244. The van der Waals surface area contributed by atoms with Crippen LogP contribution in [0.2, 0.25) is 20.1 Å². The molecule has 1 fully saturated rings. The molecule has 2 amide bonds. The van der Waals surface area contributed by atoms with Crippen molar-refractivity contribution in [2.24, 2.45) is 0 Å². The molecule has 1 aliphatic carbocycles. The number of benzene rings is 3. The lowest BCUT2D eigenvalue weighted by atomic mass is 9.95. The van der Waals surface area contributed by atoms with Crippen LogP contribution in [0, 0.1) is 0 Å². The molecule has 3 aromatic rings. The summed E-state index contributed by atoms with van der Waals surface area (Å²) < 4.78 is 28.7. The fraction of sp³-hybridized carbons (Fsp3) is 0.333. The first-order valence-corrected chi connectivity index (χ1v) is 16.5. The fourth-order valence-electron chi connectivity index (χ4n) is 4.89. The number of amides is 2. The number of anilines is 1. The van der Waals surface area contributed by atoms with E-state index in [-0.39, 0.29) is 39.1 Å². The molecule has 0 saturated heterocycles. The van der Waals surface area contributed by atoms with E-state index >= 15 is 0 Å². The van der Waals surface area contributed by atoms with Crippen molar-refractivity contribution in [3.63, 3.8) is 0 Å². The smallest absolute Gasteiger partial charge is 0.264 e. The van der Waals surface area contributed by atoms with E-state index in [1.54, 1.807) is 43.3 Å². The van der Waals surface area contributed by atoms with Gasteiger partial charge in [-0.15, -0.1) is 0 Å². The third-order valence-electron chi connectivity index (χ3n) is 7.31. The summed E-state index contributed by atoms with van der Waals surface area (Å²) >= 11 is 25.2. The van der Waals surface area contributed by atoms with E-state index in [9.17, 15) is 18.0 Å². The Labute approximate surface area is 266 Å². The van der Waals surface area contributed by atoms with E-state index in [2.05, 4.69) is 5.32 Å². The largest absolute Gasteiger partial charge is 0.352 e. The number of hydrogen-bond donors (Lipinski definition) is 1. The van der Waals surface area contributed by atoms with Crippen molar-refractivity contribution in [1.82, 2.24) is 10.2 Å². The van der Waals surface area contributed by atoms with Crippen LogP contribution in [0.4, 0.5) is 5.69 Å². The molecule has 42 heavy (non-hydrogen) atoms. The summed E-state index contributed by atoms with van der Waals surface area (Å²) in [6.07, 6.45) is 4.89. The summed E-state index contributed by atoms with van der Waals surface area (Å²) in [4.78, 5) is 28.8. The lowest BCUT2D eigenvalue weighted by Gasteiger charge is -2.33. The molecule has 0 heterocycles. The second-order valence-corrected chi connectivity index (χ2v) is 13.7. The second kappa shape index (κ2) is 14.3. The van der Waals surface area contributed by atoms with E-state index in [1.807, 2.05) is 0 Å². The predicted octanol–water partition coefficient (Wildman–Crippen LogP) is 7.36. The number of nitrogens with one attached hydrogen (secondary N) is 1. The van der Waals surface area contributed by atoms with Gasteiger partial charge in [0.25, 0.3) is 10.0 Å². The van der Waals surface area contributed by atoms with E-state index in [4.69, 9.17) is 46.4 Å². The van der Waals surface area contributed by atoms with Crippen molar-refractivity contribution in [2.75, 3.05) is 10.8 Å². The molecule has 1 saturated carbocycles. The van der Waals surface area contributed by atoms with Crippen LogP contribution in [0.3, 0.4) is 0 Å². The van der Waals surface area contributed by atoms with Crippen LogP contribution in [0.5, 0.6) is 0 Å². The number of carbonyl (C=O) groups is 2. The van der Waals surface area contributed by atoms with Crippen LogP contribution < -0.4 is 9.62 Å². The Kier molecular flexibility index (Phi) is 11.1. The van der Waals surface area contributed by atoms with Crippen LogP contribution in [0.25, 0.3) is 0 Å². The van der Waals surface area contributed by atoms with Gasteiger partial charge < -0.3 is 10.2 Å². The number of carbonyl (C=O) groups excluding carboxylic acids is 2. The molecule has 0 spiro atoms. The minimum Gasteiger partial charge on any atom is -0.352 e. The van der Waals surface area contributed by atoms with Crippen LogP contribution in [0.15, 0.2) is 71.6 Å². The Morgan fingerprint density at radius 1 is 0.857 bits per heavy atom. The lowest BCUT2D eigenvalue weighted by Crippen LogP contribution is -2.53. The zero-order valence-corrected chi connectivity index (χ0v) is 26.7. The molecule has 3 aromatic carbocycles. The third kappa shape index (κ3) is 7.71. The maximum Gasteiger partial charge on any atom is 0.264 e. The van der Waals surface area contributed by atoms with Crippen LogP contribution in [0.1, 0.15) is 44.6 Å². The molecule has 0 radical (unpaired) electrons. The van der Waals surface area contributed by atoms with Gasteiger partial charge in [0, 0.05) is 28.2 Å². The number of rotatable bonds is 10. The first-order valence-electron chi connectivity index (χ1n) is 13.5. The summed E-state index contributed by atoms with van der Waals surface area (Å²) in [6, 6.07) is 16.1. The molecular weight excluding hydrogens is 640 g/mol. The van der Waals surface area contributed by atoms with Gasteiger partial charge in [-0.25, -0.2) is 8.42 Å². The highest BCUT2D eigenvalue weighted by Gasteiger charge is 2.34. The molecule has 12 heteroatoms. The molecule has 1 aliphatic rings. The van der Waals surface area contributed by atoms with Crippen LogP contribution >= 0.6 is 46.4 Å². The Morgan fingerprint density at radius 2 is 1.50 bits per heavy atom.